The number of carboxylic acids is 1. The fourth-order valence-electron chi connectivity index (χ4n) is 1.83. The first-order valence-corrected chi connectivity index (χ1v) is 6.64. The number of halogens is 3. The van der Waals surface area contributed by atoms with Gasteiger partial charge in [-0.3, -0.25) is 9.59 Å². The van der Waals surface area contributed by atoms with Gasteiger partial charge in [0.25, 0.3) is 0 Å². The summed E-state index contributed by atoms with van der Waals surface area (Å²) in [6.45, 7) is -0.0485. The highest BCUT2D eigenvalue weighted by Gasteiger charge is 2.33. The largest absolute Gasteiger partial charge is 0.481 e. The van der Waals surface area contributed by atoms with E-state index in [1.807, 2.05) is 0 Å². The minimum absolute atomic E-state index is 0.00787. The van der Waals surface area contributed by atoms with Gasteiger partial charge in [0.05, 0.1) is 23.4 Å². The lowest BCUT2D eigenvalue weighted by atomic mass is 10.1. The SMILES string of the molecule is O=C(O)CCN1C(=O)CSc2cc(C(F)(F)F)ccc21. The summed E-state index contributed by atoms with van der Waals surface area (Å²) in [7, 11) is 0. The standard InChI is InChI=1S/C12H10F3NO3S/c13-12(14,15)7-1-2-8-9(5-7)20-6-10(17)16(8)4-3-11(18)19/h1-2,5H,3-4,6H2,(H,18,19). The molecule has 0 radical (unpaired) electrons. The van der Waals surface area contributed by atoms with Crippen LogP contribution in [0.3, 0.4) is 0 Å². The van der Waals surface area contributed by atoms with Gasteiger partial charge in [-0.25, -0.2) is 0 Å². The Kier molecular flexibility index (Phi) is 3.94. The molecule has 8 heteroatoms. The zero-order valence-corrected chi connectivity index (χ0v) is 10.9. The summed E-state index contributed by atoms with van der Waals surface area (Å²) in [6.07, 6.45) is -4.69. The molecule has 2 rings (SSSR count). The molecule has 1 heterocycles. The Morgan fingerprint density at radius 3 is 2.70 bits per heavy atom. The van der Waals surface area contributed by atoms with Crippen LogP contribution in [0, 0.1) is 0 Å². The monoisotopic (exact) mass is 305 g/mol. The summed E-state index contributed by atoms with van der Waals surface area (Å²) < 4.78 is 37.9. The van der Waals surface area contributed by atoms with Crippen molar-refractivity contribution in [3.63, 3.8) is 0 Å². The average Bonchev–Trinajstić information content (AvgIpc) is 2.35. The summed E-state index contributed by atoms with van der Waals surface area (Å²) in [6, 6.07) is 3.09. The van der Waals surface area contributed by atoms with E-state index in [1.165, 1.54) is 11.0 Å². The molecule has 0 unspecified atom stereocenters. The molecule has 0 aromatic heterocycles. The van der Waals surface area contributed by atoms with Crippen molar-refractivity contribution in [2.24, 2.45) is 0 Å². The van der Waals surface area contributed by atoms with Gasteiger partial charge in [0.2, 0.25) is 5.91 Å². The molecular formula is C12H10F3NO3S. The van der Waals surface area contributed by atoms with E-state index in [-0.39, 0.29) is 24.6 Å². The quantitative estimate of drug-likeness (QED) is 0.932. The lowest BCUT2D eigenvalue weighted by molar-refractivity contribution is -0.138. The van der Waals surface area contributed by atoms with Gasteiger partial charge in [0.1, 0.15) is 0 Å². The van der Waals surface area contributed by atoms with Crippen molar-refractivity contribution in [3.8, 4) is 0 Å². The van der Waals surface area contributed by atoms with Crippen LogP contribution in [0.1, 0.15) is 12.0 Å². The molecule has 1 aromatic rings. The van der Waals surface area contributed by atoms with E-state index in [0.717, 1.165) is 23.9 Å². The molecule has 4 nitrogen and oxygen atoms in total. The second kappa shape index (κ2) is 5.35. The summed E-state index contributed by atoms with van der Waals surface area (Å²) in [5.41, 5.74) is -0.447. The van der Waals surface area contributed by atoms with E-state index in [2.05, 4.69) is 0 Å². The van der Waals surface area contributed by atoms with Crippen molar-refractivity contribution in [1.82, 2.24) is 0 Å². The third-order valence-electron chi connectivity index (χ3n) is 2.78. The molecule has 0 saturated heterocycles. The van der Waals surface area contributed by atoms with Crippen LogP contribution >= 0.6 is 11.8 Å². The van der Waals surface area contributed by atoms with E-state index >= 15 is 0 Å². The summed E-state index contributed by atoms with van der Waals surface area (Å²) in [4.78, 5) is 23.9. The molecule has 1 N–H and O–H groups in total. The predicted octanol–water partition coefficient (Wildman–Crippen LogP) is 2.62. The van der Waals surface area contributed by atoms with Crippen LogP contribution in [0.25, 0.3) is 0 Å². The van der Waals surface area contributed by atoms with Gasteiger partial charge < -0.3 is 10.0 Å². The number of carboxylic acid groups (broad SMARTS) is 1. The Labute approximate surface area is 116 Å². The highest BCUT2D eigenvalue weighted by molar-refractivity contribution is 8.00. The topological polar surface area (TPSA) is 57.6 Å². The molecule has 0 aliphatic carbocycles. The lowest BCUT2D eigenvalue weighted by Crippen LogP contribution is -2.37. The number of carbonyl (C=O) groups excluding carboxylic acids is 1. The Morgan fingerprint density at radius 2 is 2.10 bits per heavy atom. The van der Waals surface area contributed by atoms with Crippen LogP contribution in [0.4, 0.5) is 18.9 Å². The minimum atomic E-state index is -4.44. The van der Waals surface area contributed by atoms with E-state index < -0.39 is 17.7 Å². The third-order valence-corrected chi connectivity index (χ3v) is 3.81. The second-order valence-electron chi connectivity index (χ2n) is 4.16. The number of nitrogens with zero attached hydrogens (tertiary/aromatic N) is 1. The van der Waals surface area contributed by atoms with Crippen molar-refractivity contribution in [2.75, 3.05) is 17.2 Å². The molecule has 0 atom stereocenters. The van der Waals surface area contributed by atoms with E-state index in [9.17, 15) is 22.8 Å². The maximum absolute atomic E-state index is 12.6. The smallest absolute Gasteiger partial charge is 0.416 e. The molecule has 0 saturated carbocycles. The van der Waals surface area contributed by atoms with Crippen LogP contribution in [0.15, 0.2) is 23.1 Å². The summed E-state index contributed by atoms with van der Waals surface area (Å²) in [5.74, 6) is -1.36. The van der Waals surface area contributed by atoms with E-state index in [4.69, 9.17) is 5.11 Å². The fourth-order valence-corrected chi connectivity index (χ4v) is 2.80. The fraction of sp³-hybridized carbons (Fsp3) is 0.333. The number of alkyl halides is 3. The number of thioether (sulfide) groups is 1. The number of amides is 1. The molecule has 1 aliphatic rings. The highest BCUT2D eigenvalue weighted by atomic mass is 32.2. The van der Waals surface area contributed by atoms with Gasteiger partial charge >= 0.3 is 12.1 Å². The molecule has 108 valence electrons. The van der Waals surface area contributed by atoms with Crippen LogP contribution in [0.2, 0.25) is 0 Å². The number of carbonyl (C=O) groups is 2. The van der Waals surface area contributed by atoms with Crippen molar-refractivity contribution >= 4 is 29.3 Å². The third kappa shape index (κ3) is 3.06. The number of aliphatic carboxylic acids is 1. The van der Waals surface area contributed by atoms with Crippen LogP contribution < -0.4 is 4.90 Å². The number of hydrogen-bond donors (Lipinski definition) is 1. The number of fused-ring (bicyclic) bond motifs is 1. The molecular weight excluding hydrogens is 295 g/mol. The maximum atomic E-state index is 12.6. The van der Waals surface area contributed by atoms with Crippen LogP contribution in [0.5, 0.6) is 0 Å². The van der Waals surface area contributed by atoms with Gasteiger partial charge in [-0.05, 0) is 18.2 Å². The van der Waals surface area contributed by atoms with Crippen LogP contribution in [-0.2, 0) is 15.8 Å². The molecule has 20 heavy (non-hydrogen) atoms. The van der Waals surface area contributed by atoms with E-state index in [1.54, 1.807) is 0 Å². The number of rotatable bonds is 3. The molecule has 0 bridgehead atoms. The molecule has 0 spiro atoms. The van der Waals surface area contributed by atoms with E-state index in [0.29, 0.717) is 10.6 Å². The van der Waals surface area contributed by atoms with Gasteiger partial charge in [0.15, 0.2) is 0 Å². The van der Waals surface area contributed by atoms with Crippen molar-refractivity contribution in [2.45, 2.75) is 17.5 Å². The Morgan fingerprint density at radius 1 is 1.40 bits per heavy atom. The van der Waals surface area contributed by atoms with Gasteiger partial charge in [-0.1, -0.05) is 0 Å². The first-order valence-electron chi connectivity index (χ1n) is 5.65. The average molecular weight is 305 g/mol. The number of hydrogen-bond acceptors (Lipinski definition) is 3. The molecule has 1 amide bonds. The summed E-state index contributed by atoms with van der Waals surface area (Å²) >= 11 is 1.03. The zero-order chi connectivity index (χ0) is 14.9. The Hall–Kier alpha value is -1.70. The Balaban J connectivity index is 2.32. The number of benzene rings is 1. The second-order valence-corrected chi connectivity index (χ2v) is 5.18. The zero-order valence-electron chi connectivity index (χ0n) is 10.1. The van der Waals surface area contributed by atoms with Gasteiger partial charge in [-0.2, -0.15) is 13.2 Å². The lowest BCUT2D eigenvalue weighted by Gasteiger charge is -2.29. The minimum Gasteiger partial charge on any atom is -0.481 e. The molecule has 1 aromatic carbocycles. The van der Waals surface area contributed by atoms with Gasteiger partial charge in [0, 0.05) is 11.4 Å². The maximum Gasteiger partial charge on any atom is 0.416 e. The normalized spacial score (nSPS) is 15.2. The van der Waals surface area contributed by atoms with Crippen molar-refractivity contribution in [3.05, 3.63) is 23.8 Å². The van der Waals surface area contributed by atoms with Crippen LogP contribution in [-0.4, -0.2) is 29.3 Å². The number of anilines is 1. The molecule has 0 fully saturated rings. The van der Waals surface area contributed by atoms with Crippen molar-refractivity contribution < 1.29 is 27.9 Å². The van der Waals surface area contributed by atoms with Crippen molar-refractivity contribution in [1.29, 1.82) is 0 Å². The van der Waals surface area contributed by atoms with Gasteiger partial charge in [-0.15, -0.1) is 11.8 Å². The molecule has 1 aliphatic heterocycles. The summed E-state index contributed by atoms with van der Waals surface area (Å²) in [5, 5.41) is 8.64. The first-order chi connectivity index (χ1) is 9.29. The first kappa shape index (κ1) is 14.7. The highest BCUT2D eigenvalue weighted by Crippen LogP contribution is 2.39. The predicted molar refractivity (Wildman–Crippen MR) is 66.8 cm³/mol. The Bertz CT molecular complexity index is 559.